The molecule has 39 heavy (non-hydrogen) atoms. The molecule has 0 radical (unpaired) electrons. The highest BCUT2D eigenvalue weighted by atomic mass is 19.4. The Morgan fingerprint density at radius 1 is 1.00 bits per heavy atom. The lowest BCUT2D eigenvalue weighted by atomic mass is 9.95. The summed E-state index contributed by atoms with van der Waals surface area (Å²) in [4.78, 5) is 13.0. The summed E-state index contributed by atoms with van der Waals surface area (Å²) < 4.78 is 61.5. The second-order valence-corrected chi connectivity index (χ2v) is 9.32. The molecular formula is C29H26F4N4O2. The van der Waals surface area contributed by atoms with E-state index in [4.69, 9.17) is 4.74 Å². The van der Waals surface area contributed by atoms with Gasteiger partial charge in [-0.15, -0.1) is 0 Å². The van der Waals surface area contributed by atoms with Crippen LogP contribution in [-0.4, -0.2) is 21.9 Å². The second-order valence-electron chi connectivity index (χ2n) is 9.32. The third kappa shape index (κ3) is 5.89. The Labute approximate surface area is 222 Å². The van der Waals surface area contributed by atoms with Crippen LogP contribution in [0.4, 0.5) is 23.4 Å². The number of carbonyl (C=O) groups excluding carboxylic acids is 1. The van der Waals surface area contributed by atoms with Crippen LogP contribution in [0.2, 0.25) is 0 Å². The van der Waals surface area contributed by atoms with Crippen LogP contribution in [-0.2, 0) is 13.0 Å². The van der Waals surface area contributed by atoms with Crippen molar-refractivity contribution in [3.8, 4) is 11.5 Å². The van der Waals surface area contributed by atoms with Crippen molar-refractivity contribution in [3.63, 3.8) is 0 Å². The van der Waals surface area contributed by atoms with Crippen LogP contribution >= 0.6 is 0 Å². The van der Waals surface area contributed by atoms with Crippen LogP contribution in [0.15, 0.2) is 79.0 Å². The minimum atomic E-state index is -4.53. The number of ether oxygens (including phenoxy) is 1. The van der Waals surface area contributed by atoms with Crippen LogP contribution < -0.4 is 15.4 Å². The fraction of sp³-hybridized carbons (Fsp3) is 0.241. The van der Waals surface area contributed by atoms with E-state index in [0.717, 1.165) is 22.2 Å². The van der Waals surface area contributed by atoms with Gasteiger partial charge in [0.1, 0.15) is 28.7 Å². The number of nitrogens with zero attached hydrogens (tertiary/aromatic N) is 2. The number of aryl methyl sites for hydroxylation is 1. The molecular weight excluding hydrogens is 512 g/mol. The van der Waals surface area contributed by atoms with Gasteiger partial charge in [-0.2, -0.15) is 18.3 Å². The van der Waals surface area contributed by atoms with Crippen LogP contribution in [0.5, 0.6) is 11.5 Å². The largest absolute Gasteiger partial charge is 0.457 e. The van der Waals surface area contributed by atoms with Gasteiger partial charge in [0.25, 0.3) is 5.91 Å². The summed E-state index contributed by atoms with van der Waals surface area (Å²) in [7, 11) is 0. The molecule has 0 saturated heterocycles. The number of hydrogen-bond donors (Lipinski definition) is 2. The monoisotopic (exact) mass is 538 g/mol. The molecule has 1 aliphatic rings. The molecule has 0 spiro atoms. The molecule has 0 fully saturated rings. The van der Waals surface area contributed by atoms with Gasteiger partial charge in [-0.3, -0.25) is 4.79 Å². The van der Waals surface area contributed by atoms with Crippen molar-refractivity contribution in [2.45, 2.75) is 44.6 Å². The topological polar surface area (TPSA) is 68.2 Å². The second kappa shape index (κ2) is 10.8. The first-order chi connectivity index (χ1) is 18.7. The Morgan fingerprint density at radius 3 is 2.23 bits per heavy atom. The molecule has 3 aromatic carbocycles. The van der Waals surface area contributed by atoms with Crippen molar-refractivity contribution >= 4 is 11.7 Å². The zero-order chi connectivity index (χ0) is 27.6. The van der Waals surface area contributed by atoms with E-state index in [-0.39, 0.29) is 30.2 Å². The number of alkyl halides is 3. The summed E-state index contributed by atoms with van der Waals surface area (Å²) in [5.74, 6) is 0.140. The predicted octanol–water partition coefficient (Wildman–Crippen LogP) is 6.97. The first-order valence-electron chi connectivity index (χ1n) is 12.5. The molecule has 2 unspecified atom stereocenters. The van der Waals surface area contributed by atoms with E-state index in [1.165, 1.54) is 30.5 Å². The van der Waals surface area contributed by atoms with E-state index in [9.17, 15) is 22.4 Å². The number of hydrogen-bond acceptors (Lipinski definition) is 4. The summed E-state index contributed by atoms with van der Waals surface area (Å²) in [6, 6.07) is 17.5. The molecule has 202 valence electrons. The highest BCUT2D eigenvalue weighted by molar-refractivity contribution is 5.98. The Bertz CT molecular complexity index is 1430. The van der Waals surface area contributed by atoms with E-state index < -0.39 is 24.2 Å². The molecule has 10 heteroatoms. The molecule has 2 N–H and O–H groups in total. The minimum absolute atomic E-state index is 0.0358. The number of halogens is 4. The quantitative estimate of drug-likeness (QED) is 0.250. The van der Waals surface area contributed by atoms with Gasteiger partial charge < -0.3 is 15.4 Å². The Morgan fingerprint density at radius 2 is 1.62 bits per heavy atom. The molecule has 4 aromatic rings. The molecule has 6 nitrogen and oxygen atoms in total. The number of aromatic nitrogens is 2. The van der Waals surface area contributed by atoms with Crippen molar-refractivity contribution in [1.29, 1.82) is 0 Å². The van der Waals surface area contributed by atoms with Crippen molar-refractivity contribution in [1.82, 2.24) is 15.1 Å². The van der Waals surface area contributed by atoms with Gasteiger partial charge in [0.15, 0.2) is 6.04 Å². The molecule has 0 bridgehead atoms. The lowest BCUT2D eigenvalue weighted by molar-refractivity contribution is -0.173. The number of amides is 1. The van der Waals surface area contributed by atoms with Gasteiger partial charge in [0.05, 0.1) is 12.2 Å². The highest BCUT2D eigenvalue weighted by Gasteiger charge is 2.47. The first-order valence-corrected chi connectivity index (χ1v) is 12.5. The molecule has 1 aromatic heterocycles. The number of rotatable bonds is 7. The molecule has 1 amide bonds. The summed E-state index contributed by atoms with van der Waals surface area (Å²) in [5, 5.41) is 9.79. The van der Waals surface area contributed by atoms with E-state index in [0.29, 0.717) is 17.1 Å². The molecule has 0 saturated carbocycles. The maximum absolute atomic E-state index is 14.0. The van der Waals surface area contributed by atoms with Crippen molar-refractivity contribution in [3.05, 3.63) is 107 Å². The van der Waals surface area contributed by atoms with Gasteiger partial charge in [0.2, 0.25) is 0 Å². The molecule has 0 aliphatic carbocycles. The van der Waals surface area contributed by atoms with Gasteiger partial charge >= 0.3 is 6.18 Å². The Hall–Kier alpha value is -4.34. The highest BCUT2D eigenvalue weighted by Crippen LogP contribution is 2.44. The first kappa shape index (κ1) is 26.3. The number of benzene rings is 3. The SMILES string of the molecule is CCc1ccc(C2CC(C(F)(F)F)n3ncc(C(=O)NCc4ccc(Oc5ccc(F)cc5)cc4)c3N2)cc1. The predicted molar refractivity (Wildman–Crippen MR) is 138 cm³/mol. The average molecular weight is 539 g/mol. The molecule has 2 heterocycles. The summed E-state index contributed by atoms with van der Waals surface area (Å²) in [6.07, 6.45) is -2.78. The van der Waals surface area contributed by atoms with Crippen LogP contribution in [0.1, 0.15) is 52.5 Å². The molecule has 1 aliphatic heterocycles. The fourth-order valence-electron chi connectivity index (χ4n) is 4.52. The van der Waals surface area contributed by atoms with E-state index in [1.807, 2.05) is 31.2 Å². The van der Waals surface area contributed by atoms with E-state index >= 15 is 0 Å². The zero-order valence-corrected chi connectivity index (χ0v) is 21.0. The fourth-order valence-corrected chi connectivity index (χ4v) is 4.52. The van der Waals surface area contributed by atoms with Gasteiger partial charge in [-0.25, -0.2) is 9.07 Å². The molecule has 5 rings (SSSR count). The van der Waals surface area contributed by atoms with E-state index in [2.05, 4.69) is 15.7 Å². The summed E-state index contributed by atoms with van der Waals surface area (Å²) in [6.45, 7) is 2.15. The Kier molecular flexibility index (Phi) is 7.28. The number of anilines is 1. The lowest BCUT2D eigenvalue weighted by Gasteiger charge is -2.34. The number of nitrogens with one attached hydrogen (secondary N) is 2. The number of carbonyl (C=O) groups is 1. The standard InChI is InChI=1S/C29H26F4N4O2/c1-2-18-3-7-20(8-4-18)25-15-26(29(31,32)33)37-27(36-25)24(17-35-37)28(38)34-16-19-5-11-22(12-6-19)39-23-13-9-21(30)10-14-23/h3-14,17,25-26,36H,2,15-16H2,1H3,(H,34,38). The van der Waals surface area contributed by atoms with Gasteiger partial charge in [-0.05, 0) is 59.5 Å². The van der Waals surface area contributed by atoms with Crippen molar-refractivity contribution < 1.29 is 27.1 Å². The van der Waals surface area contributed by atoms with Crippen LogP contribution in [0.3, 0.4) is 0 Å². The lowest BCUT2D eigenvalue weighted by Crippen LogP contribution is -2.36. The van der Waals surface area contributed by atoms with Crippen LogP contribution in [0, 0.1) is 5.82 Å². The Balaban J connectivity index is 1.29. The van der Waals surface area contributed by atoms with Crippen molar-refractivity contribution in [2.75, 3.05) is 5.32 Å². The maximum atomic E-state index is 14.0. The summed E-state index contributed by atoms with van der Waals surface area (Å²) in [5.41, 5.74) is 2.59. The van der Waals surface area contributed by atoms with Crippen LogP contribution in [0.25, 0.3) is 0 Å². The zero-order valence-electron chi connectivity index (χ0n) is 21.0. The van der Waals surface area contributed by atoms with Gasteiger partial charge in [-0.1, -0.05) is 43.3 Å². The third-order valence-electron chi connectivity index (χ3n) is 6.70. The van der Waals surface area contributed by atoms with Gasteiger partial charge in [0, 0.05) is 13.0 Å². The van der Waals surface area contributed by atoms with Crippen molar-refractivity contribution in [2.24, 2.45) is 0 Å². The third-order valence-corrected chi connectivity index (χ3v) is 6.70. The number of fused-ring (bicyclic) bond motifs is 1. The van der Waals surface area contributed by atoms with E-state index in [1.54, 1.807) is 24.3 Å². The summed E-state index contributed by atoms with van der Waals surface area (Å²) >= 11 is 0. The smallest absolute Gasteiger partial charge is 0.410 e. The molecule has 2 atom stereocenters. The average Bonchev–Trinajstić information content (AvgIpc) is 3.37. The normalized spacial score (nSPS) is 16.7. The maximum Gasteiger partial charge on any atom is 0.410 e. The minimum Gasteiger partial charge on any atom is -0.457 e.